The van der Waals surface area contributed by atoms with E-state index in [0.29, 0.717) is 54.6 Å². The van der Waals surface area contributed by atoms with Gasteiger partial charge in [-0.15, -0.1) is 0 Å². The molecule has 18 heteroatoms. The Bertz CT molecular complexity index is 2700. The summed E-state index contributed by atoms with van der Waals surface area (Å²) in [6.07, 6.45) is 6.32. The molecule has 0 spiro atoms. The molecule has 3 saturated heterocycles. The van der Waals surface area contributed by atoms with Crippen molar-refractivity contribution in [3.05, 3.63) is 97.6 Å². The van der Waals surface area contributed by atoms with Gasteiger partial charge in [-0.2, -0.15) is 0 Å². The molecular weight excluding hydrogens is 778 g/mol. The fraction of sp³-hybridized carbons (Fsp3) is 0.390. The maximum atomic E-state index is 15.3. The molecule has 0 bridgehead atoms. The molecule has 5 atom stereocenters. The molecule has 5 fully saturated rings. The van der Waals surface area contributed by atoms with Crippen LogP contribution in [-0.2, 0) is 0 Å². The minimum atomic E-state index is -1.56. The summed E-state index contributed by atoms with van der Waals surface area (Å²) in [4.78, 5) is 56.4. The number of pyridine rings is 3. The highest BCUT2D eigenvalue weighted by Gasteiger charge is 2.54. The van der Waals surface area contributed by atoms with Gasteiger partial charge < -0.3 is 40.4 Å². The van der Waals surface area contributed by atoms with Crippen molar-refractivity contribution in [3.8, 4) is 11.4 Å². The van der Waals surface area contributed by atoms with Crippen LogP contribution in [0.2, 0.25) is 0 Å². The van der Waals surface area contributed by atoms with Crippen molar-refractivity contribution < 1.29 is 42.1 Å². The number of halogens is 4. The minimum absolute atomic E-state index is 0.0272. The minimum Gasteiger partial charge on any atom is -0.492 e. The number of carboxylic acid groups (broad SMARTS) is 2. The number of carbonyl (C=O) groups is 2. The first-order valence-electron chi connectivity index (χ1n) is 19.4. The Morgan fingerprint density at radius 1 is 0.847 bits per heavy atom. The summed E-state index contributed by atoms with van der Waals surface area (Å²) in [6, 6.07) is 5.31. The Morgan fingerprint density at radius 3 is 2.17 bits per heavy atom. The topological polar surface area (TPSA) is 185 Å². The Kier molecular flexibility index (Phi) is 9.38. The number of nitrogens with two attached hydrogens (primary N) is 1. The van der Waals surface area contributed by atoms with E-state index in [2.05, 4.69) is 10.3 Å². The summed E-state index contributed by atoms with van der Waals surface area (Å²) in [7, 11) is 1.48. The predicted octanol–water partition coefficient (Wildman–Crippen LogP) is 4.27. The third kappa shape index (κ3) is 6.54. The van der Waals surface area contributed by atoms with Gasteiger partial charge in [-0.1, -0.05) is 0 Å². The molecule has 14 nitrogen and oxygen atoms in total. The number of ether oxygens (including phenoxy) is 1. The maximum absolute atomic E-state index is 15.3. The molecular formula is C41H39F4N7O7. The van der Waals surface area contributed by atoms with E-state index in [-0.39, 0.29) is 57.4 Å². The number of fused-ring (bicyclic) bond motifs is 4. The van der Waals surface area contributed by atoms with Gasteiger partial charge in [0.15, 0.2) is 28.8 Å². The molecule has 1 unspecified atom stereocenters. The summed E-state index contributed by atoms with van der Waals surface area (Å²) < 4.78 is 66.5. The molecule has 10 rings (SSSR count). The summed E-state index contributed by atoms with van der Waals surface area (Å²) in [6.45, 7) is 3.40. The molecule has 6 heterocycles. The second kappa shape index (κ2) is 14.4. The quantitative estimate of drug-likeness (QED) is 0.172. The zero-order valence-electron chi connectivity index (χ0n) is 31.6. The number of hydrogen-bond acceptors (Lipinski definition) is 10. The van der Waals surface area contributed by atoms with Crippen molar-refractivity contribution in [1.29, 1.82) is 0 Å². The molecule has 5 aliphatic rings. The number of aromatic carboxylic acids is 2. The number of rotatable bonds is 7. The van der Waals surface area contributed by atoms with Crippen molar-refractivity contribution in [2.45, 2.75) is 43.8 Å². The van der Waals surface area contributed by atoms with Crippen molar-refractivity contribution in [3.63, 3.8) is 0 Å². The third-order valence-corrected chi connectivity index (χ3v) is 12.4. The van der Waals surface area contributed by atoms with Gasteiger partial charge in [-0.25, -0.2) is 32.1 Å². The average molecular weight is 818 g/mol. The summed E-state index contributed by atoms with van der Waals surface area (Å²) >= 11 is 0. The molecule has 59 heavy (non-hydrogen) atoms. The lowest BCUT2D eigenvalue weighted by Gasteiger charge is -2.25. The zero-order chi connectivity index (χ0) is 41.6. The number of carboxylic acids is 2. The molecule has 2 aliphatic carbocycles. The fourth-order valence-corrected chi connectivity index (χ4v) is 9.15. The lowest BCUT2D eigenvalue weighted by molar-refractivity contribution is 0.0684. The first-order valence-corrected chi connectivity index (χ1v) is 19.4. The molecule has 3 aliphatic heterocycles. The number of nitrogens with one attached hydrogen (secondary N) is 1. The molecule has 308 valence electrons. The van der Waals surface area contributed by atoms with Crippen LogP contribution in [0.1, 0.15) is 52.4 Å². The molecule has 2 aromatic carbocycles. The number of nitrogens with zero attached hydrogens (tertiary/aromatic N) is 5. The molecule has 3 aromatic heterocycles. The van der Waals surface area contributed by atoms with Crippen LogP contribution in [0.3, 0.4) is 0 Å². The van der Waals surface area contributed by atoms with Crippen LogP contribution in [0.25, 0.3) is 27.6 Å². The molecule has 0 radical (unpaired) electrons. The van der Waals surface area contributed by atoms with Gasteiger partial charge in [0.05, 0.1) is 29.1 Å². The van der Waals surface area contributed by atoms with Crippen molar-refractivity contribution in [1.82, 2.24) is 19.4 Å². The highest BCUT2D eigenvalue weighted by molar-refractivity contribution is 5.97. The Hall–Kier alpha value is -6.01. The predicted molar refractivity (Wildman–Crippen MR) is 208 cm³/mol. The third-order valence-electron chi connectivity index (χ3n) is 12.4. The van der Waals surface area contributed by atoms with E-state index in [0.717, 1.165) is 67.7 Å². The normalized spacial score (nSPS) is 23.2. The number of benzene rings is 2. The summed E-state index contributed by atoms with van der Waals surface area (Å²) in [5.74, 6) is -4.77. The van der Waals surface area contributed by atoms with E-state index in [1.54, 1.807) is 9.47 Å². The fourth-order valence-electron chi connectivity index (χ4n) is 9.15. The number of methoxy groups -OCH3 is 1. The Labute approximate surface area is 332 Å². The number of piperidine rings is 2. The van der Waals surface area contributed by atoms with Crippen LogP contribution in [0.4, 0.5) is 29.1 Å². The van der Waals surface area contributed by atoms with Crippen LogP contribution in [0.5, 0.6) is 5.75 Å². The molecule has 5 aromatic rings. The first kappa shape index (κ1) is 38.5. The Morgan fingerprint density at radius 2 is 1.53 bits per heavy atom. The highest BCUT2D eigenvalue weighted by atomic mass is 19.1. The standard InChI is InChI=1S/C21H24FN3O4.C20H15F3N4O3/c1-29-20-17-13(19(26)14(21(27)28)9-25(17)12-4-5-12)7-15(22)18(20)24-8-11-3-2-6-23-16(11)10-24;21-8-1-2-15(13(22)3-8)27-7-12(20(29)30)17(28)9-4-14(23)19(25-18(9)27)26-5-10-11(6-26)16(10)24/h7,9,11-12,16,23H,2-6,8,10H2,1H3,(H,27,28);1-4,7,10-11,16H,5-6,24H2,(H,29,30)/t11-,16+;10-,11+,16?/m0./s1. The van der Waals surface area contributed by atoms with Gasteiger partial charge in [-0.05, 0) is 74.2 Å². The van der Waals surface area contributed by atoms with Gasteiger partial charge in [-0.3, -0.25) is 14.2 Å². The second-order valence-electron chi connectivity index (χ2n) is 15.9. The van der Waals surface area contributed by atoms with Crippen LogP contribution < -0.4 is 36.4 Å². The maximum Gasteiger partial charge on any atom is 0.341 e. The van der Waals surface area contributed by atoms with Gasteiger partial charge in [0.25, 0.3) is 0 Å². The number of aromatic nitrogens is 3. The molecule has 5 N–H and O–H groups in total. The van der Waals surface area contributed by atoms with E-state index >= 15 is 4.39 Å². The van der Waals surface area contributed by atoms with Crippen LogP contribution in [-0.4, -0.2) is 88.2 Å². The largest absolute Gasteiger partial charge is 0.492 e. The average Bonchev–Trinajstić information content (AvgIpc) is 4.03. The summed E-state index contributed by atoms with van der Waals surface area (Å²) in [5.41, 5.74) is 3.78. The van der Waals surface area contributed by atoms with E-state index in [1.807, 2.05) is 4.90 Å². The van der Waals surface area contributed by atoms with Gasteiger partial charge in [0, 0.05) is 62.8 Å². The smallest absolute Gasteiger partial charge is 0.341 e. The van der Waals surface area contributed by atoms with E-state index in [4.69, 9.17) is 10.5 Å². The van der Waals surface area contributed by atoms with E-state index in [9.17, 15) is 42.6 Å². The molecule has 2 saturated carbocycles. The lowest BCUT2D eigenvalue weighted by atomic mass is 9.94. The number of hydrogen-bond donors (Lipinski definition) is 4. The first-order chi connectivity index (χ1) is 28.2. The van der Waals surface area contributed by atoms with E-state index in [1.165, 1.54) is 19.4 Å². The van der Waals surface area contributed by atoms with Crippen LogP contribution in [0.15, 0.2) is 52.3 Å². The monoisotopic (exact) mass is 817 g/mol. The van der Waals surface area contributed by atoms with Gasteiger partial charge in [0.2, 0.25) is 10.9 Å². The van der Waals surface area contributed by atoms with E-state index < -0.39 is 51.6 Å². The van der Waals surface area contributed by atoms with Crippen LogP contribution >= 0.6 is 0 Å². The SMILES string of the molecule is COc1c(N2C[C@@H]3CCCN[C@@H]3C2)c(F)cc2c(=O)c(C(=O)O)cn(C3CC3)c12.NC1[C@H]2CN(c3nc4c(cc3F)c(=O)c(C(=O)O)cn4-c3ccc(F)cc3F)C[C@@H]12. The van der Waals surface area contributed by atoms with Crippen molar-refractivity contribution in [2.75, 3.05) is 49.6 Å². The zero-order valence-corrected chi connectivity index (χ0v) is 31.6. The number of anilines is 2. The van der Waals surface area contributed by atoms with Crippen molar-refractivity contribution in [2.24, 2.45) is 23.5 Å². The van der Waals surface area contributed by atoms with Crippen molar-refractivity contribution >= 4 is 45.4 Å². The molecule has 0 amide bonds. The highest BCUT2D eigenvalue weighted by Crippen LogP contribution is 2.46. The van der Waals surface area contributed by atoms with Crippen LogP contribution in [0, 0.1) is 41.0 Å². The van der Waals surface area contributed by atoms with Gasteiger partial charge in [0.1, 0.15) is 28.4 Å². The van der Waals surface area contributed by atoms with Gasteiger partial charge >= 0.3 is 11.9 Å². The summed E-state index contributed by atoms with van der Waals surface area (Å²) in [5, 5.41) is 22.1. The Balaban J connectivity index is 0.000000152. The lowest BCUT2D eigenvalue weighted by Crippen LogP contribution is -2.40. The second-order valence-corrected chi connectivity index (χ2v) is 15.9.